The molecule has 52 valence electrons. The van der Waals surface area contributed by atoms with Crippen molar-refractivity contribution in [2.45, 2.75) is 6.92 Å². The molecule has 0 aromatic carbocycles. The van der Waals surface area contributed by atoms with E-state index in [1.165, 1.54) is 0 Å². The van der Waals surface area contributed by atoms with E-state index < -0.39 is 0 Å². The first-order chi connectivity index (χ1) is 1.41. The monoisotopic (exact) mass is 134 g/mol. The Kier molecular flexibility index (Phi) is 1070. The van der Waals surface area contributed by atoms with Crippen molar-refractivity contribution in [3.05, 3.63) is 0 Å². The average Bonchev–Trinajstić information content (AvgIpc) is 0.918. The third-order valence-corrected chi connectivity index (χ3v) is 0. The normalized spacial score (nSPS) is 2.57. The van der Waals surface area contributed by atoms with Gasteiger partial charge in [-0.3, -0.25) is 0 Å². The maximum absolute atomic E-state index is 8.93. The zero-order valence-corrected chi connectivity index (χ0v) is 5.75. The van der Waals surface area contributed by atoms with Crippen molar-refractivity contribution in [2.75, 3.05) is 6.61 Å². The summed E-state index contributed by atoms with van der Waals surface area (Å²) in [5, 5.41) is 8.93. The van der Waals surface area contributed by atoms with E-state index in [2.05, 4.69) is 0 Å². The SMILES string of the molecule is CC[O-].O.[Cl-].[NH4+].[NH4+]. The van der Waals surface area contributed by atoms with Crippen LogP contribution in [0.3, 0.4) is 0 Å². The highest BCUT2D eigenvalue weighted by molar-refractivity contribution is 3.79. The van der Waals surface area contributed by atoms with Crippen molar-refractivity contribution in [1.82, 2.24) is 12.3 Å². The summed E-state index contributed by atoms with van der Waals surface area (Å²) in [6.45, 7) is 1.57. The molecule has 0 aromatic rings. The van der Waals surface area contributed by atoms with E-state index in [-0.39, 0.29) is 36.8 Å². The Balaban J connectivity index is -0.00000000333. The second kappa shape index (κ2) is 126. The van der Waals surface area contributed by atoms with E-state index in [0.29, 0.717) is 0 Å². The van der Waals surface area contributed by atoms with Gasteiger partial charge < -0.3 is 35.3 Å². The smallest absolute Gasteiger partial charge is 0.0809 e. The van der Waals surface area contributed by atoms with Crippen LogP contribution < -0.4 is 29.8 Å². The first-order valence-corrected chi connectivity index (χ1v) is 0.996. The Bertz CT molecular complexity index is 13.7. The highest BCUT2D eigenvalue weighted by Crippen LogP contribution is 1.18. The molecule has 0 aromatic heterocycles. The lowest BCUT2D eigenvalue weighted by Crippen LogP contribution is -3.00. The molecule has 0 saturated heterocycles. The fourth-order valence-corrected chi connectivity index (χ4v) is 0. The van der Waals surface area contributed by atoms with Crippen molar-refractivity contribution in [3.63, 3.8) is 0 Å². The van der Waals surface area contributed by atoms with Crippen LogP contribution in [0.25, 0.3) is 0 Å². The summed E-state index contributed by atoms with van der Waals surface area (Å²) in [7, 11) is 0. The van der Waals surface area contributed by atoms with Gasteiger partial charge in [0.1, 0.15) is 0 Å². The summed E-state index contributed by atoms with van der Waals surface area (Å²) >= 11 is 0. The Morgan fingerprint density at radius 3 is 1.29 bits per heavy atom. The molecule has 0 bridgehead atoms. The molecule has 0 heterocycles. The Hall–Kier alpha value is 0.130. The number of quaternary nitrogens is 2. The molecule has 0 fully saturated rings. The van der Waals surface area contributed by atoms with Crippen LogP contribution in [0.5, 0.6) is 0 Å². The minimum atomic E-state index is 0. The van der Waals surface area contributed by atoms with Crippen molar-refractivity contribution >= 4 is 0 Å². The van der Waals surface area contributed by atoms with E-state index in [0.717, 1.165) is 0 Å². The zero-order valence-electron chi connectivity index (χ0n) is 4.99. The number of hydrogen-bond acceptors (Lipinski definition) is 1. The van der Waals surface area contributed by atoms with Crippen LogP contribution in [-0.4, -0.2) is 12.1 Å². The Labute approximate surface area is 49.8 Å². The minimum absolute atomic E-state index is 0. The van der Waals surface area contributed by atoms with Crippen LogP contribution >= 0.6 is 0 Å². The van der Waals surface area contributed by atoms with Crippen molar-refractivity contribution in [2.24, 2.45) is 0 Å². The number of rotatable bonds is 0. The predicted octanol–water partition coefficient (Wildman–Crippen LogP) is -3.70. The third-order valence-electron chi connectivity index (χ3n) is 0. The lowest BCUT2D eigenvalue weighted by Gasteiger charge is -1.79. The second-order valence-electron chi connectivity index (χ2n) is 0.289. The maximum Gasteiger partial charge on any atom is -0.0809 e. The molecule has 0 atom stereocenters. The largest absolute Gasteiger partial charge is 1.00 e. The fraction of sp³-hybridized carbons (Fsp3) is 1.00. The molecular weight excluding hydrogens is 119 g/mol. The van der Waals surface area contributed by atoms with Gasteiger partial charge in [0.25, 0.3) is 0 Å². The number of halogens is 1. The standard InChI is InChI=1S/C2H5O.ClH.2H3N.H2O/c1-2-3;;;;/h2H2,1H3;1H;2*1H3;1H2/q-1;;;;/p+1. The van der Waals surface area contributed by atoms with E-state index in [4.69, 9.17) is 5.11 Å². The van der Waals surface area contributed by atoms with Crippen LogP contribution in [0, 0.1) is 0 Å². The van der Waals surface area contributed by atoms with Crippen LogP contribution in [0.4, 0.5) is 0 Å². The molecule has 0 unspecified atom stereocenters. The third kappa shape index (κ3) is 6190. The second-order valence-corrected chi connectivity index (χ2v) is 0.289. The molecular formula is C2H15ClN2O2. The van der Waals surface area contributed by atoms with Gasteiger partial charge in [0.2, 0.25) is 0 Å². The van der Waals surface area contributed by atoms with Crippen molar-refractivity contribution in [1.29, 1.82) is 0 Å². The van der Waals surface area contributed by atoms with E-state index in [1.807, 2.05) is 0 Å². The molecule has 0 rings (SSSR count). The van der Waals surface area contributed by atoms with Crippen molar-refractivity contribution in [3.8, 4) is 0 Å². The molecule has 0 aliphatic carbocycles. The summed E-state index contributed by atoms with van der Waals surface area (Å²) < 4.78 is 0. The summed E-state index contributed by atoms with van der Waals surface area (Å²) in [5.41, 5.74) is 0. The Morgan fingerprint density at radius 2 is 1.29 bits per heavy atom. The lowest BCUT2D eigenvalue weighted by molar-refractivity contribution is -0.361. The number of hydrogen-bond donors (Lipinski definition) is 2. The van der Waals surface area contributed by atoms with Gasteiger partial charge in [-0.1, -0.05) is 6.92 Å². The van der Waals surface area contributed by atoms with Gasteiger partial charge in [-0.25, -0.2) is 0 Å². The van der Waals surface area contributed by atoms with Crippen LogP contribution in [-0.2, 0) is 0 Å². The van der Waals surface area contributed by atoms with E-state index in [1.54, 1.807) is 6.92 Å². The van der Waals surface area contributed by atoms with E-state index in [9.17, 15) is 0 Å². The summed E-state index contributed by atoms with van der Waals surface area (Å²) in [6.07, 6.45) is 0. The Morgan fingerprint density at radius 1 is 1.29 bits per heavy atom. The molecule has 0 aliphatic heterocycles. The van der Waals surface area contributed by atoms with E-state index >= 15 is 0 Å². The van der Waals surface area contributed by atoms with Crippen LogP contribution in [0.2, 0.25) is 0 Å². The molecule has 0 radical (unpaired) electrons. The van der Waals surface area contributed by atoms with Gasteiger partial charge in [0.15, 0.2) is 0 Å². The minimum Gasteiger partial charge on any atom is -1.00 e. The van der Waals surface area contributed by atoms with Gasteiger partial charge in [-0.2, -0.15) is 0 Å². The molecule has 0 spiro atoms. The van der Waals surface area contributed by atoms with Crippen LogP contribution in [0.15, 0.2) is 0 Å². The fourth-order valence-electron chi connectivity index (χ4n) is 0. The molecule has 7 heavy (non-hydrogen) atoms. The van der Waals surface area contributed by atoms with Crippen LogP contribution in [0.1, 0.15) is 6.92 Å². The van der Waals surface area contributed by atoms with Gasteiger partial charge in [-0.15, -0.1) is 6.61 Å². The van der Waals surface area contributed by atoms with Gasteiger partial charge in [0.05, 0.1) is 0 Å². The lowest BCUT2D eigenvalue weighted by atomic mass is 10.9. The maximum atomic E-state index is 8.93. The quantitative estimate of drug-likeness (QED) is 0.347. The topological polar surface area (TPSA) is 128 Å². The van der Waals surface area contributed by atoms with Crippen molar-refractivity contribution < 1.29 is 23.0 Å². The highest BCUT2D eigenvalue weighted by Gasteiger charge is 1.16. The molecule has 0 aliphatic rings. The molecule has 4 nitrogen and oxygen atoms in total. The highest BCUT2D eigenvalue weighted by atomic mass is 35.5. The predicted molar refractivity (Wildman–Crippen MR) is 26.1 cm³/mol. The van der Waals surface area contributed by atoms with Gasteiger partial charge in [-0.05, 0) is 0 Å². The molecule has 0 amide bonds. The average molecular weight is 135 g/mol. The summed E-state index contributed by atoms with van der Waals surface area (Å²) in [4.78, 5) is 0. The van der Waals surface area contributed by atoms with Gasteiger partial charge >= 0.3 is 0 Å². The first kappa shape index (κ1) is 59.1. The summed E-state index contributed by atoms with van der Waals surface area (Å²) in [6, 6.07) is 0. The summed E-state index contributed by atoms with van der Waals surface area (Å²) in [5.74, 6) is 0. The molecule has 10 N–H and O–H groups in total. The zero-order chi connectivity index (χ0) is 2.71. The molecule has 5 heteroatoms. The van der Waals surface area contributed by atoms with Gasteiger partial charge in [0, 0.05) is 0 Å². The molecule has 0 saturated carbocycles. The first-order valence-electron chi connectivity index (χ1n) is 0.996.